The summed E-state index contributed by atoms with van der Waals surface area (Å²) in [6.07, 6.45) is 2.10. The summed E-state index contributed by atoms with van der Waals surface area (Å²) in [5, 5.41) is 13.0. The fraction of sp³-hybridized carbons (Fsp3) is 0.471. The van der Waals surface area contributed by atoms with E-state index in [0.29, 0.717) is 17.1 Å². The lowest BCUT2D eigenvalue weighted by atomic mass is 9.96. The van der Waals surface area contributed by atoms with Crippen molar-refractivity contribution in [3.63, 3.8) is 0 Å². The van der Waals surface area contributed by atoms with Gasteiger partial charge in [0.2, 0.25) is 0 Å². The third kappa shape index (κ3) is 3.21. The summed E-state index contributed by atoms with van der Waals surface area (Å²) in [5.41, 5.74) is 0.791. The summed E-state index contributed by atoms with van der Waals surface area (Å²) in [7, 11) is 0. The van der Waals surface area contributed by atoms with E-state index in [1.54, 1.807) is 12.1 Å². The molecule has 2 heterocycles. The summed E-state index contributed by atoms with van der Waals surface area (Å²) in [6.45, 7) is 5.41. The first-order valence-electron chi connectivity index (χ1n) is 7.61. The van der Waals surface area contributed by atoms with Crippen molar-refractivity contribution >= 4 is 11.3 Å². The van der Waals surface area contributed by atoms with Crippen molar-refractivity contribution in [1.82, 2.24) is 9.88 Å². The minimum atomic E-state index is -0.707. The molecule has 1 N–H and O–H groups in total. The Kier molecular flexibility index (Phi) is 4.30. The zero-order valence-electron chi connectivity index (χ0n) is 12.9. The molecular formula is C17H21FN2OS. The van der Waals surface area contributed by atoms with Crippen molar-refractivity contribution in [3.8, 4) is 10.6 Å². The van der Waals surface area contributed by atoms with E-state index >= 15 is 0 Å². The number of nitrogens with zero attached hydrogens (tertiary/aromatic N) is 2. The molecule has 5 heteroatoms. The third-order valence-corrected chi connectivity index (χ3v) is 5.12. The van der Waals surface area contributed by atoms with Gasteiger partial charge in [0, 0.05) is 23.5 Å². The molecule has 0 aliphatic carbocycles. The Morgan fingerprint density at radius 2 is 2.18 bits per heavy atom. The average molecular weight is 320 g/mol. The van der Waals surface area contributed by atoms with Crippen molar-refractivity contribution in [1.29, 1.82) is 0 Å². The van der Waals surface area contributed by atoms with Crippen LogP contribution in [0.2, 0.25) is 0 Å². The average Bonchev–Trinajstić information content (AvgIpc) is 3.08. The van der Waals surface area contributed by atoms with Crippen molar-refractivity contribution in [2.75, 3.05) is 6.54 Å². The predicted molar refractivity (Wildman–Crippen MR) is 87.2 cm³/mol. The Hall–Kier alpha value is -1.30. The van der Waals surface area contributed by atoms with Crippen LogP contribution in [-0.2, 0) is 6.54 Å². The second-order valence-corrected chi connectivity index (χ2v) is 7.26. The number of hydrogen-bond acceptors (Lipinski definition) is 4. The number of aromatic nitrogens is 1. The maximum absolute atomic E-state index is 13.8. The van der Waals surface area contributed by atoms with Gasteiger partial charge in [-0.2, -0.15) is 0 Å². The Labute approximate surface area is 134 Å². The summed E-state index contributed by atoms with van der Waals surface area (Å²) >= 11 is 1.47. The van der Waals surface area contributed by atoms with Gasteiger partial charge in [0.05, 0.1) is 11.3 Å². The van der Waals surface area contributed by atoms with Gasteiger partial charge in [0.15, 0.2) is 0 Å². The van der Waals surface area contributed by atoms with E-state index in [0.717, 1.165) is 25.1 Å². The Morgan fingerprint density at radius 3 is 2.91 bits per heavy atom. The van der Waals surface area contributed by atoms with Crippen LogP contribution in [0.15, 0.2) is 29.6 Å². The highest BCUT2D eigenvalue weighted by atomic mass is 32.1. The van der Waals surface area contributed by atoms with Gasteiger partial charge >= 0.3 is 0 Å². The lowest BCUT2D eigenvalue weighted by molar-refractivity contribution is -0.00530. The zero-order chi connectivity index (χ0) is 15.7. The van der Waals surface area contributed by atoms with Gasteiger partial charge in [-0.25, -0.2) is 9.37 Å². The smallest absolute Gasteiger partial charge is 0.133 e. The molecule has 1 aromatic heterocycles. The van der Waals surface area contributed by atoms with Crippen molar-refractivity contribution in [2.24, 2.45) is 0 Å². The molecule has 1 saturated heterocycles. The lowest BCUT2D eigenvalue weighted by Gasteiger charge is -2.33. The van der Waals surface area contributed by atoms with E-state index in [-0.39, 0.29) is 11.9 Å². The van der Waals surface area contributed by atoms with Gasteiger partial charge in [0.25, 0.3) is 0 Å². The van der Waals surface area contributed by atoms with Crippen molar-refractivity contribution < 1.29 is 9.50 Å². The number of benzene rings is 1. The molecule has 1 aromatic carbocycles. The highest BCUT2D eigenvalue weighted by molar-refractivity contribution is 7.13. The number of likely N-dealkylation sites (tertiary alicyclic amines) is 1. The van der Waals surface area contributed by atoms with E-state index in [4.69, 9.17) is 0 Å². The van der Waals surface area contributed by atoms with E-state index < -0.39 is 5.60 Å². The molecule has 1 unspecified atom stereocenters. The minimum Gasteiger partial charge on any atom is -0.389 e. The molecule has 3 nitrogen and oxygen atoms in total. The van der Waals surface area contributed by atoms with Crippen LogP contribution in [0.25, 0.3) is 10.6 Å². The largest absolute Gasteiger partial charge is 0.389 e. The molecule has 0 bridgehead atoms. The van der Waals surface area contributed by atoms with Gasteiger partial charge in [-0.05, 0) is 45.4 Å². The van der Waals surface area contributed by atoms with E-state index in [1.165, 1.54) is 17.4 Å². The molecule has 22 heavy (non-hydrogen) atoms. The van der Waals surface area contributed by atoms with Crippen LogP contribution in [0.5, 0.6) is 0 Å². The highest BCUT2D eigenvalue weighted by Gasteiger charge is 2.35. The second-order valence-electron chi connectivity index (χ2n) is 6.41. The number of aliphatic hydroxyl groups is 1. The number of halogens is 1. The summed E-state index contributed by atoms with van der Waals surface area (Å²) in [6, 6.07) is 6.89. The van der Waals surface area contributed by atoms with Gasteiger partial charge in [-0.3, -0.25) is 4.90 Å². The summed E-state index contributed by atoms with van der Waals surface area (Å²) < 4.78 is 13.8. The maximum Gasteiger partial charge on any atom is 0.133 e. The van der Waals surface area contributed by atoms with Gasteiger partial charge in [-0.15, -0.1) is 11.3 Å². The molecule has 0 amide bonds. The first-order valence-corrected chi connectivity index (χ1v) is 8.49. The van der Waals surface area contributed by atoms with Crippen molar-refractivity contribution in [2.45, 2.75) is 44.9 Å². The molecule has 118 valence electrons. The summed E-state index contributed by atoms with van der Waals surface area (Å²) in [5.74, 6) is -0.237. The van der Waals surface area contributed by atoms with E-state index in [9.17, 15) is 9.50 Å². The normalized spacial score (nSPS) is 19.7. The Balaban J connectivity index is 1.76. The maximum atomic E-state index is 13.8. The SMILES string of the molecule is CC(C)(O)C1CCCN1Cc1csc(-c2ccccc2F)n1. The molecule has 1 atom stereocenters. The topological polar surface area (TPSA) is 36.4 Å². The zero-order valence-corrected chi connectivity index (χ0v) is 13.7. The van der Waals surface area contributed by atoms with Crippen LogP contribution in [0, 0.1) is 5.82 Å². The fourth-order valence-electron chi connectivity index (χ4n) is 3.16. The van der Waals surface area contributed by atoms with Crippen LogP contribution >= 0.6 is 11.3 Å². The molecule has 1 aliphatic rings. The molecule has 2 aromatic rings. The van der Waals surface area contributed by atoms with E-state index in [1.807, 2.05) is 25.3 Å². The standard InChI is InChI=1S/C17H21FN2OS/c1-17(2,21)15-8-5-9-20(15)10-12-11-22-16(19-12)13-6-3-4-7-14(13)18/h3-4,6-7,11,15,21H,5,8-10H2,1-2H3. The molecule has 0 saturated carbocycles. The first-order chi connectivity index (χ1) is 10.4. The van der Waals surface area contributed by atoms with Crippen LogP contribution in [0.4, 0.5) is 4.39 Å². The Morgan fingerprint density at radius 1 is 1.41 bits per heavy atom. The van der Waals surface area contributed by atoms with Crippen LogP contribution in [-0.4, -0.2) is 33.2 Å². The van der Waals surface area contributed by atoms with Crippen molar-refractivity contribution in [3.05, 3.63) is 41.2 Å². The molecule has 1 fully saturated rings. The van der Waals surface area contributed by atoms with E-state index in [2.05, 4.69) is 9.88 Å². The molecule has 0 radical (unpaired) electrons. The van der Waals surface area contributed by atoms with Crippen LogP contribution < -0.4 is 0 Å². The second kappa shape index (κ2) is 6.07. The van der Waals surface area contributed by atoms with Crippen LogP contribution in [0.1, 0.15) is 32.4 Å². The minimum absolute atomic E-state index is 0.158. The quantitative estimate of drug-likeness (QED) is 0.933. The molecule has 3 rings (SSSR count). The molecule has 1 aliphatic heterocycles. The molecular weight excluding hydrogens is 299 g/mol. The highest BCUT2D eigenvalue weighted by Crippen LogP contribution is 2.30. The number of rotatable bonds is 4. The van der Waals surface area contributed by atoms with Gasteiger partial charge < -0.3 is 5.11 Å². The van der Waals surface area contributed by atoms with Gasteiger partial charge in [-0.1, -0.05) is 12.1 Å². The van der Waals surface area contributed by atoms with Crippen LogP contribution in [0.3, 0.4) is 0 Å². The van der Waals surface area contributed by atoms with Gasteiger partial charge in [0.1, 0.15) is 10.8 Å². The first kappa shape index (κ1) is 15.6. The summed E-state index contributed by atoms with van der Waals surface area (Å²) in [4.78, 5) is 6.85. The monoisotopic (exact) mass is 320 g/mol. The number of hydrogen-bond donors (Lipinski definition) is 1. The number of thiazole rings is 1. The predicted octanol–water partition coefficient (Wildman–Crippen LogP) is 3.68. The fourth-order valence-corrected chi connectivity index (χ4v) is 4.00. The third-order valence-electron chi connectivity index (χ3n) is 4.20. The molecule has 0 spiro atoms. The lowest BCUT2D eigenvalue weighted by Crippen LogP contribution is -2.45. The Bertz CT molecular complexity index is 650.